The quantitative estimate of drug-likeness (QED) is 0.789. The van der Waals surface area contributed by atoms with Crippen LogP contribution in [-0.2, 0) is 6.18 Å². The Morgan fingerprint density at radius 1 is 1.35 bits per heavy atom. The Morgan fingerprint density at radius 3 is 2.35 bits per heavy atom. The minimum atomic E-state index is -4.59. The summed E-state index contributed by atoms with van der Waals surface area (Å²) in [7, 11) is 0. The molecular weight excluding hydrogens is 354 g/mol. The number of halogens is 5. The number of alkyl halides is 3. The lowest BCUT2D eigenvalue weighted by molar-refractivity contribution is -0.137. The zero-order valence-corrected chi connectivity index (χ0v) is 13.0. The van der Waals surface area contributed by atoms with Crippen molar-refractivity contribution in [1.82, 2.24) is 9.78 Å². The average molecular weight is 362 g/mol. The third-order valence-electron chi connectivity index (χ3n) is 3.14. The van der Waals surface area contributed by atoms with Crippen LogP contribution < -0.4 is 0 Å². The summed E-state index contributed by atoms with van der Waals surface area (Å²) in [5.74, 6) is -1.52. The van der Waals surface area contributed by atoms with Gasteiger partial charge in [-0.1, -0.05) is 23.2 Å². The normalized spacial score (nSPS) is 12.7. The number of aromatic nitrogens is 2. The number of carbonyl (C=O) groups excluding carboxylic acids is 1. The van der Waals surface area contributed by atoms with Crippen molar-refractivity contribution < 1.29 is 18.0 Å². The molecule has 0 N–H and O–H groups in total. The maximum Gasteiger partial charge on any atom is 0.416 e. The smallest absolute Gasteiger partial charge is 0.272 e. The number of rotatable bonds is 2. The first-order valence-corrected chi connectivity index (χ1v) is 6.97. The van der Waals surface area contributed by atoms with Crippen LogP contribution in [0.1, 0.15) is 34.5 Å². The van der Waals surface area contributed by atoms with Crippen LogP contribution in [0.4, 0.5) is 13.2 Å². The van der Waals surface area contributed by atoms with E-state index in [1.165, 1.54) is 19.2 Å². The van der Waals surface area contributed by atoms with Gasteiger partial charge in [-0.15, -0.1) is 0 Å². The molecule has 0 amide bonds. The molecule has 120 valence electrons. The summed E-state index contributed by atoms with van der Waals surface area (Å²) in [6.45, 7) is 1.44. The number of hydrogen-bond acceptors (Lipinski definition) is 3. The van der Waals surface area contributed by atoms with Crippen LogP contribution in [0.15, 0.2) is 24.4 Å². The fourth-order valence-corrected chi connectivity index (χ4v) is 2.80. The first-order chi connectivity index (χ1) is 10.6. The molecule has 0 fully saturated rings. The van der Waals surface area contributed by atoms with Gasteiger partial charge in [0.1, 0.15) is 6.07 Å². The first kappa shape index (κ1) is 17.3. The molecule has 1 aromatic heterocycles. The van der Waals surface area contributed by atoms with Crippen LogP contribution in [0.3, 0.4) is 0 Å². The van der Waals surface area contributed by atoms with E-state index in [1.807, 2.05) is 0 Å². The van der Waals surface area contributed by atoms with E-state index in [1.54, 1.807) is 6.07 Å². The second kappa shape index (κ2) is 6.22. The Labute approximate surface area is 139 Å². The third kappa shape index (κ3) is 3.49. The number of hydrogen-bond donors (Lipinski definition) is 0. The van der Waals surface area contributed by atoms with Gasteiger partial charge in [-0.25, -0.2) is 4.68 Å². The number of nitriles is 1. The lowest BCUT2D eigenvalue weighted by Crippen LogP contribution is -2.19. The fraction of sp³-hybridized carbons (Fsp3) is 0.214. The maximum absolute atomic E-state index is 12.7. The van der Waals surface area contributed by atoms with Gasteiger partial charge in [-0.3, -0.25) is 4.79 Å². The van der Waals surface area contributed by atoms with Crippen molar-refractivity contribution in [3.05, 3.63) is 51.3 Å². The van der Waals surface area contributed by atoms with Crippen molar-refractivity contribution >= 4 is 29.1 Å². The van der Waals surface area contributed by atoms with Gasteiger partial charge in [0, 0.05) is 21.8 Å². The Bertz CT molecular complexity index is 785. The highest BCUT2D eigenvalue weighted by Gasteiger charge is 2.33. The van der Waals surface area contributed by atoms with Crippen LogP contribution in [0.5, 0.6) is 0 Å². The van der Waals surface area contributed by atoms with Crippen molar-refractivity contribution in [1.29, 1.82) is 5.26 Å². The highest BCUT2D eigenvalue weighted by Crippen LogP contribution is 2.39. The van der Waals surface area contributed by atoms with Gasteiger partial charge in [0.25, 0.3) is 5.91 Å². The fourth-order valence-electron chi connectivity index (χ4n) is 1.99. The molecule has 2 rings (SSSR count). The molecule has 0 saturated heterocycles. The van der Waals surface area contributed by atoms with E-state index >= 15 is 0 Å². The zero-order chi connectivity index (χ0) is 17.4. The van der Waals surface area contributed by atoms with Crippen molar-refractivity contribution in [2.24, 2.45) is 0 Å². The Morgan fingerprint density at radius 2 is 1.91 bits per heavy atom. The second-order valence-corrected chi connectivity index (χ2v) is 5.48. The minimum Gasteiger partial charge on any atom is -0.272 e. The minimum absolute atomic E-state index is 0.0372. The van der Waals surface area contributed by atoms with E-state index in [9.17, 15) is 18.0 Å². The SMILES string of the molecule is CC(C(=O)n1ccc(C#N)n1)c1c(Cl)cc(C(F)(F)F)cc1Cl. The van der Waals surface area contributed by atoms with E-state index < -0.39 is 23.6 Å². The van der Waals surface area contributed by atoms with Crippen LogP contribution >= 0.6 is 23.2 Å². The molecule has 9 heteroatoms. The third-order valence-corrected chi connectivity index (χ3v) is 3.76. The van der Waals surface area contributed by atoms with Gasteiger partial charge in [0.15, 0.2) is 5.69 Å². The molecule has 4 nitrogen and oxygen atoms in total. The molecule has 1 aromatic carbocycles. The predicted molar refractivity (Wildman–Crippen MR) is 77.4 cm³/mol. The topological polar surface area (TPSA) is 58.7 Å². The van der Waals surface area contributed by atoms with Crippen LogP contribution in [0, 0.1) is 11.3 Å². The molecule has 0 aliphatic heterocycles. The number of benzene rings is 1. The van der Waals surface area contributed by atoms with Crippen LogP contribution in [-0.4, -0.2) is 15.7 Å². The van der Waals surface area contributed by atoms with Crippen LogP contribution in [0.2, 0.25) is 10.0 Å². The summed E-state index contributed by atoms with van der Waals surface area (Å²) < 4.78 is 39.1. The predicted octanol–water partition coefficient (Wildman–Crippen LogP) is 4.52. The summed E-state index contributed by atoms with van der Waals surface area (Å²) in [6, 6.07) is 4.54. The molecule has 0 aliphatic carbocycles. The van der Waals surface area contributed by atoms with Gasteiger partial charge in [-0.2, -0.15) is 23.5 Å². The van der Waals surface area contributed by atoms with Gasteiger partial charge < -0.3 is 0 Å². The molecular formula is C14H8Cl2F3N3O. The molecule has 0 bridgehead atoms. The van der Waals surface area contributed by atoms with Crippen molar-refractivity contribution in [2.45, 2.75) is 19.0 Å². The van der Waals surface area contributed by atoms with E-state index in [2.05, 4.69) is 5.10 Å². The molecule has 0 spiro atoms. The zero-order valence-electron chi connectivity index (χ0n) is 11.5. The van der Waals surface area contributed by atoms with Crippen molar-refractivity contribution in [3.63, 3.8) is 0 Å². The van der Waals surface area contributed by atoms with Gasteiger partial charge >= 0.3 is 6.18 Å². The first-order valence-electron chi connectivity index (χ1n) is 6.21. The lowest BCUT2D eigenvalue weighted by Gasteiger charge is -2.16. The monoisotopic (exact) mass is 361 g/mol. The Hall–Kier alpha value is -2.04. The largest absolute Gasteiger partial charge is 0.416 e. The van der Waals surface area contributed by atoms with E-state index in [4.69, 9.17) is 28.5 Å². The lowest BCUT2D eigenvalue weighted by atomic mass is 9.98. The molecule has 1 atom stereocenters. The number of carbonyl (C=O) groups is 1. The second-order valence-electron chi connectivity index (χ2n) is 4.67. The summed E-state index contributed by atoms with van der Waals surface area (Å²) in [5.41, 5.74) is -0.891. The Balaban J connectivity index is 2.41. The van der Waals surface area contributed by atoms with Gasteiger partial charge in [0.2, 0.25) is 0 Å². The summed E-state index contributed by atoms with van der Waals surface area (Å²) in [5, 5.41) is 11.9. The molecule has 23 heavy (non-hydrogen) atoms. The van der Waals surface area contributed by atoms with E-state index in [-0.39, 0.29) is 21.3 Å². The molecule has 0 radical (unpaired) electrons. The van der Waals surface area contributed by atoms with Gasteiger partial charge in [0.05, 0.1) is 11.5 Å². The van der Waals surface area contributed by atoms with Gasteiger partial charge in [-0.05, 0) is 25.1 Å². The van der Waals surface area contributed by atoms with E-state index in [0.29, 0.717) is 0 Å². The Kier molecular flexibility index (Phi) is 4.68. The summed E-state index contributed by atoms with van der Waals surface area (Å²) in [4.78, 5) is 12.3. The highest BCUT2D eigenvalue weighted by atomic mass is 35.5. The average Bonchev–Trinajstić information content (AvgIpc) is 2.93. The number of nitrogens with zero attached hydrogens (tertiary/aromatic N) is 3. The van der Waals surface area contributed by atoms with Crippen LogP contribution in [0.25, 0.3) is 0 Å². The summed E-state index contributed by atoms with van der Waals surface area (Å²) >= 11 is 11.8. The molecule has 0 aliphatic rings. The molecule has 1 heterocycles. The van der Waals surface area contributed by atoms with Crippen molar-refractivity contribution in [3.8, 4) is 6.07 Å². The summed E-state index contributed by atoms with van der Waals surface area (Å²) in [6.07, 6.45) is -3.31. The van der Waals surface area contributed by atoms with Crippen molar-refractivity contribution in [2.75, 3.05) is 0 Å². The standard InChI is InChI=1S/C14H8Cl2F3N3O/c1-7(13(23)22-3-2-9(6-20)21-22)12-10(15)4-8(5-11(12)16)14(17,18)19/h2-5,7H,1H3. The van der Waals surface area contributed by atoms with E-state index in [0.717, 1.165) is 16.8 Å². The maximum atomic E-state index is 12.7. The molecule has 2 aromatic rings. The molecule has 1 unspecified atom stereocenters. The highest BCUT2D eigenvalue weighted by molar-refractivity contribution is 6.36. The molecule has 0 saturated carbocycles.